The smallest absolute Gasteiger partial charge is 0.0898 e. The maximum atomic E-state index is 4.47. The van der Waals surface area contributed by atoms with Crippen molar-refractivity contribution in [3.05, 3.63) is 12.3 Å². The van der Waals surface area contributed by atoms with Crippen molar-refractivity contribution in [2.75, 3.05) is 6.54 Å². The van der Waals surface area contributed by atoms with Gasteiger partial charge in [-0.05, 0) is 40.0 Å². The summed E-state index contributed by atoms with van der Waals surface area (Å²) in [6.07, 6.45) is 5.60. The van der Waals surface area contributed by atoms with Crippen molar-refractivity contribution in [3.63, 3.8) is 0 Å². The van der Waals surface area contributed by atoms with Gasteiger partial charge in [0.2, 0.25) is 0 Å². The number of piperidine rings is 1. The van der Waals surface area contributed by atoms with Crippen molar-refractivity contribution in [1.29, 1.82) is 0 Å². The number of nitrogens with zero attached hydrogens (tertiary/aromatic N) is 2. The van der Waals surface area contributed by atoms with Gasteiger partial charge < -0.3 is 4.90 Å². The van der Waals surface area contributed by atoms with Gasteiger partial charge >= 0.3 is 0 Å². The monoisotopic (exact) mass is 180 g/mol. The zero-order valence-electron chi connectivity index (χ0n) is 9.01. The summed E-state index contributed by atoms with van der Waals surface area (Å²) in [6, 6.07) is 0. The molecule has 2 heteroatoms. The summed E-state index contributed by atoms with van der Waals surface area (Å²) in [5.74, 6) is 0. The zero-order chi connectivity index (χ0) is 9.90. The van der Waals surface area contributed by atoms with Crippen molar-refractivity contribution >= 4 is 6.34 Å². The van der Waals surface area contributed by atoms with Crippen LogP contribution in [0.3, 0.4) is 0 Å². The summed E-state index contributed by atoms with van der Waals surface area (Å²) in [7, 11) is 0. The molecule has 0 atom stereocenters. The van der Waals surface area contributed by atoms with Gasteiger partial charge in [0.15, 0.2) is 0 Å². The number of aliphatic imine (C=N–C) groups is 1. The van der Waals surface area contributed by atoms with Crippen LogP contribution in [0.15, 0.2) is 17.3 Å². The first-order chi connectivity index (χ1) is 5.99. The molecule has 74 valence electrons. The van der Waals surface area contributed by atoms with Crippen LogP contribution in [0, 0.1) is 0 Å². The minimum Gasteiger partial charge on any atom is -0.337 e. The fourth-order valence-electron chi connectivity index (χ4n) is 1.30. The van der Waals surface area contributed by atoms with Gasteiger partial charge in [-0.3, -0.25) is 4.99 Å². The van der Waals surface area contributed by atoms with Crippen LogP contribution in [0.25, 0.3) is 0 Å². The molecule has 1 heterocycles. The minimum absolute atomic E-state index is 0.0255. The number of hydrogen-bond acceptors (Lipinski definition) is 1. The second-order valence-electron chi connectivity index (χ2n) is 4.63. The van der Waals surface area contributed by atoms with Crippen molar-refractivity contribution < 1.29 is 0 Å². The first-order valence-corrected chi connectivity index (χ1v) is 4.99. The molecule has 0 N–H and O–H groups in total. The van der Waals surface area contributed by atoms with Crippen molar-refractivity contribution in [2.45, 2.75) is 45.6 Å². The van der Waals surface area contributed by atoms with E-state index < -0.39 is 0 Å². The summed E-state index contributed by atoms with van der Waals surface area (Å²) in [6.45, 7) is 11.4. The fraction of sp³-hybridized carbons (Fsp3) is 0.727. The molecule has 0 bridgehead atoms. The molecule has 0 unspecified atom stereocenters. The van der Waals surface area contributed by atoms with Crippen molar-refractivity contribution in [3.8, 4) is 0 Å². The van der Waals surface area contributed by atoms with Crippen molar-refractivity contribution in [1.82, 2.24) is 4.90 Å². The van der Waals surface area contributed by atoms with E-state index in [0.717, 1.165) is 13.0 Å². The SMILES string of the molecule is C=C1CCCCN1C=NC(C)(C)C. The van der Waals surface area contributed by atoms with E-state index in [9.17, 15) is 0 Å². The van der Waals surface area contributed by atoms with Crippen LogP contribution >= 0.6 is 0 Å². The number of rotatable bonds is 1. The molecule has 1 fully saturated rings. The third-order valence-electron chi connectivity index (χ3n) is 2.10. The number of allylic oxidation sites excluding steroid dienone is 1. The van der Waals surface area contributed by atoms with E-state index in [1.165, 1.54) is 18.5 Å². The molecule has 1 aliphatic rings. The van der Waals surface area contributed by atoms with E-state index in [-0.39, 0.29) is 5.54 Å². The van der Waals surface area contributed by atoms with Gasteiger partial charge in [0.1, 0.15) is 0 Å². The topological polar surface area (TPSA) is 15.6 Å². The predicted octanol–water partition coefficient (Wildman–Crippen LogP) is 2.81. The van der Waals surface area contributed by atoms with Crippen molar-refractivity contribution in [2.24, 2.45) is 4.99 Å². The van der Waals surface area contributed by atoms with E-state index in [1.54, 1.807) is 0 Å². The normalized spacial score (nSPS) is 19.9. The van der Waals surface area contributed by atoms with Gasteiger partial charge in [-0.25, -0.2) is 0 Å². The first kappa shape index (κ1) is 10.3. The van der Waals surface area contributed by atoms with Crippen LogP contribution in [0.2, 0.25) is 0 Å². The van der Waals surface area contributed by atoms with E-state index in [2.05, 4.69) is 37.2 Å². The maximum Gasteiger partial charge on any atom is 0.0898 e. The van der Waals surface area contributed by atoms with Crippen LogP contribution in [-0.4, -0.2) is 23.3 Å². The molecule has 0 aromatic rings. The highest BCUT2D eigenvalue weighted by atomic mass is 15.2. The highest BCUT2D eigenvalue weighted by molar-refractivity contribution is 5.58. The fourth-order valence-corrected chi connectivity index (χ4v) is 1.30. The molecule has 0 aliphatic carbocycles. The molecule has 1 rings (SSSR count). The van der Waals surface area contributed by atoms with Crippen LogP contribution in [0.4, 0.5) is 0 Å². The summed E-state index contributed by atoms with van der Waals surface area (Å²) in [4.78, 5) is 6.65. The Morgan fingerprint density at radius 1 is 1.38 bits per heavy atom. The molecule has 1 aliphatic heterocycles. The Kier molecular flexibility index (Phi) is 3.12. The summed E-state index contributed by atoms with van der Waals surface area (Å²) in [5, 5.41) is 0. The highest BCUT2D eigenvalue weighted by Crippen LogP contribution is 2.17. The minimum atomic E-state index is 0.0255. The number of likely N-dealkylation sites (tertiary alicyclic amines) is 1. The van der Waals surface area contributed by atoms with Gasteiger partial charge in [0.05, 0.1) is 11.9 Å². The Labute approximate surface area is 81.3 Å². The van der Waals surface area contributed by atoms with Gasteiger partial charge in [-0.1, -0.05) is 6.58 Å². The Morgan fingerprint density at radius 2 is 2.08 bits per heavy atom. The molecular formula is C11H20N2. The predicted molar refractivity (Wildman–Crippen MR) is 57.9 cm³/mol. The Bertz CT molecular complexity index is 211. The highest BCUT2D eigenvalue weighted by Gasteiger charge is 2.12. The average molecular weight is 180 g/mol. The average Bonchev–Trinajstić information content (AvgIpc) is 2.01. The lowest BCUT2D eigenvalue weighted by Gasteiger charge is -2.27. The molecule has 0 spiro atoms. The van der Waals surface area contributed by atoms with Gasteiger partial charge in [-0.2, -0.15) is 0 Å². The molecular weight excluding hydrogens is 160 g/mol. The molecule has 0 radical (unpaired) electrons. The molecule has 0 aromatic carbocycles. The quantitative estimate of drug-likeness (QED) is 0.447. The summed E-state index contributed by atoms with van der Waals surface area (Å²) in [5.41, 5.74) is 1.23. The van der Waals surface area contributed by atoms with Crippen LogP contribution in [0.5, 0.6) is 0 Å². The second-order valence-corrected chi connectivity index (χ2v) is 4.63. The molecule has 2 nitrogen and oxygen atoms in total. The van der Waals surface area contributed by atoms with Crippen LogP contribution in [-0.2, 0) is 0 Å². The summed E-state index contributed by atoms with van der Waals surface area (Å²) < 4.78 is 0. The third-order valence-corrected chi connectivity index (χ3v) is 2.10. The molecule has 0 aromatic heterocycles. The Balaban J connectivity index is 2.52. The van der Waals surface area contributed by atoms with Crippen LogP contribution in [0.1, 0.15) is 40.0 Å². The van der Waals surface area contributed by atoms with Gasteiger partial charge in [-0.15, -0.1) is 0 Å². The molecule has 0 saturated carbocycles. The summed E-state index contributed by atoms with van der Waals surface area (Å²) >= 11 is 0. The standard InChI is InChI=1S/C11H20N2/c1-10-7-5-6-8-13(10)9-12-11(2,3)4/h9H,1,5-8H2,2-4H3. The second kappa shape index (κ2) is 3.95. The maximum absolute atomic E-state index is 4.47. The van der Waals surface area contributed by atoms with Gasteiger partial charge in [0, 0.05) is 12.2 Å². The third kappa shape index (κ3) is 3.62. The lowest BCUT2D eigenvalue weighted by atomic mass is 10.1. The lowest BCUT2D eigenvalue weighted by molar-refractivity contribution is 0.419. The van der Waals surface area contributed by atoms with E-state index >= 15 is 0 Å². The first-order valence-electron chi connectivity index (χ1n) is 4.99. The molecule has 1 saturated heterocycles. The van der Waals surface area contributed by atoms with E-state index in [0.29, 0.717) is 0 Å². The Morgan fingerprint density at radius 3 is 2.62 bits per heavy atom. The number of hydrogen-bond donors (Lipinski definition) is 0. The van der Waals surface area contributed by atoms with Crippen LogP contribution < -0.4 is 0 Å². The van der Waals surface area contributed by atoms with E-state index in [1.807, 2.05) is 6.34 Å². The van der Waals surface area contributed by atoms with Gasteiger partial charge in [0.25, 0.3) is 0 Å². The molecule has 0 amide bonds. The van der Waals surface area contributed by atoms with E-state index in [4.69, 9.17) is 0 Å². The lowest BCUT2D eigenvalue weighted by Crippen LogP contribution is -2.27. The Hall–Kier alpha value is -0.790. The largest absolute Gasteiger partial charge is 0.337 e. The zero-order valence-corrected chi connectivity index (χ0v) is 9.01. The molecule has 13 heavy (non-hydrogen) atoms.